The van der Waals surface area contributed by atoms with E-state index in [0.717, 1.165) is 22.6 Å². The Hall–Kier alpha value is -2.54. The minimum atomic E-state index is -0.443. The van der Waals surface area contributed by atoms with Gasteiger partial charge in [0.15, 0.2) is 0 Å². The van der Waals surface area contributed by atoms with E-state index in [2.05, 4.69) is 0 Å². The first-order chi connectivity index (χ1) is 12.1. The number of carbonyl (C=O) groups is 1. The molecule has 1 aliphatic heterocycles. The summed E-state index contributed by atoms with van der Waals surface area (Å²) in [6.45, 7) is 1.22. The van der Waals surface area contributed by atoms with Crippen LogP contribution >= 0.6 is 11.8 Å². The number of nitrogens with zero attached hydrogens (tertiary/aromatic N) is 2. The van der Waals surface area contributed by atoms with Gasteiger partial charge in [-0.3, -0.25) is 14.9 Å². The van der Waals surface area contributed by atoms with Gasteiger partial charge < -0.3 is 9.64 Å². The van der Waals surface area contributed by atoms with Crippen molar-refractivity contribution in [3.05, 3.63) is 63.7 Å². The van der Waals surface area contributed by atoms with E-state index in [1.807, 2.05) is 23.1 Å². The maximum absolute atomic E-state index is 12.7. The van der Waals surface area contributed by atoms with Gasteiger partial charge in [0.05, 0.1) is 18.5 Å². The number of hydrogen-bond acceptors (Lipinski definition) is 5. The van der Waals surface area contributed by atoms with Crippen LogP contribution in [-0.2, 0) is 17.8 Å². The second-order valence-electron chi connectivity index (χ2n) is 5.74. The molecule has 0 atom stereocenters. The second-order valence-corrected chi connectivity index (χ2v) is 6.87. The number of thioether (sulfide) groups is 1. The summed E-state index contributed by atoms with van der Waals surface area (Å²) >= 11 is 1.74. The van der Waals surface area contributed by atoms with Crippen LogP contribution in [-0.4, -0.2) is 35.1 Å². The zero-order chi connectivity index (χ0) is 17.8. The molecule has 0 fully saturated rings. The highest BCUT2D eigenvalue weighted by Gasteiger charge is 2.20. The Kier molecular flexibility index (Phi) is 5.23. The molecule has 0 bridgehead atoms. The van der Waals surface area contributed by atoms with Crippen LogP contribution in [0.15, 0.2) is 47.4 Å². The van der Waals surface area contributed by atoms with Crippen molar-refractivity contribution in [3.63, 3.8) is 0 Å². The van der Waals surface area contributed by atoms with Gasteiger partial charge in [-0.15, -0.1) is 11.8 Å². The van der Waals surface area contributed by atoms with E-state index in [4.69, 9.17) is 4.74 Å². The monoisotopic (exact) mass is 358 g/mol. The summed E-state index contributed by atoms with van der Waals surface area (Å²) in [6, 6.07) is 12.1. The predicted molar refractivity (Wildman–Crippen MR) is 95.9 cm³/mol. The molecule has 0 saturated carbocycles. The molecule has 0 spiro atoms. The van der Waals surface area contributed by atoms with Gasteiger partial charge in [-0.05, 0) is 29.3 Å². The van der Waals surface area contributed by atoms with E-state index in [1.54, 1.807) is 31.0 Å². The fourth-order valence-corrected chi connectivity index (χ4v) is 3.74. The quantitative estimate of drug-likeness (QED) is 0.619. The van der Waals surface area contributed by atoms with Gasteiger partial charge in [0.1, 0.15) is 5.75 Å². The number of rotatable bonds is 4. The summed E-state index contributed by atoms with van der Waals surface area (Å²) in [6.07, 6.45) is 0.238. The van der Waals surface area contributed by atoms with E-state index in [-0.39, 0.29) is 18.0 Å². The Morgan fingerprint density at radius 1 is 1.28 bits per heavy atom. The van der Waals surface area contributed by atoms with E-state index in [1.165, 1.54) is 17.0 Å². The van der Waals surface area contributed by atoms with Crippen LogP contribution in [0.5, 0.6) is 5.75 Å². The molecule has 1 amide bonds. The van der Waals surface area contributed by atoms with Crippen molar-refractivity contribution in [3.8, 4) is 5.75 Å². The molecule has 130 valence electrons. The molecule has 0 N–H and O–H groups in total. The molecule has 7 heteroatoms. The van der Waals surface area contributed by atoms with E-state index in [0.29, 0.717) is 13.1 Å². The van der Waals surface area contributed by atoms with Crippen molar-refractivity contribution in [1.29, 1.82) is 0 Å². The number of ether oxygens (including phenoxy) is 1. The minimum absolute atomic E-state index is 0.0186. The van der Waals surface area contributed by atoms with Crippen LogP contribution in [0.2, 0.25) is 0 Å². The summed E-state index contributed by atoms with van der Waals surface area (Å²) < 4.78 is 5.28. The Bertz CT molecular complexity index is 792. The van der Waals surface area contributed by atoms with Crippen molar-refractivity contribution in [2.45, 2.75) is 17.9 Å². The van der Waals surface area contributed by atoms with Gasteiger partial charge in [-0.1, -0.05) is 12.1 Å². The van der Waals surface area contributed by atoms with Gasteiger partial charge >= 0.3 is 0 Å². The van der Waals surface area contributed by atoms with E-state index < -0.39 is 4.92 Å². The lowest BCUT2D eigenvalue weighted by atomic mass is 10.1. The number of fused-ring (bicyclic) bond motifs is 1. The standard InChI is InChI=1S/C18H18N2O4S/c1-24-16-6-7-17-14(11-16)12-19(8-9-25-17)18(21)10-13-2-4-15(5-3-13)20(22)23/h2-7,11H,8-10,12H2,1H3. The van der Waals surface area contributed by atoms with Crippen molar-refractivity contribution in [2.24, 2.45) is 0 Å². The van der Waals surface area contributed by atoms with Crippen LogP contribution in [0, 0.1) is 10.1 Å². The number of benzene rings is 2. The smallest absolute Gasteiger partial charge is 0.269 e. The lowest BCUT2D eigenvalue weighted by Gasteiger charge is -2.21. The van der Waals surface area contributed by atoms with Gasteiger partial charge in [-0.25, -0.2) is 0 Å². The van der Waals surface area contributed by atoms with Crippen LogP contribution < -0.4 is 4.74 Å². The van der Waals surface area contributed by atoms with E-state index in [9.17, 15) is 14.9 Å². The fraction of sp³-hybridized carbons (Fsp3) is 0.278. The first kappa shape index (κ1) is 17.3. The molecule has 0 unspecified atom stereocenters. The average Bonchev–Trinajstić information content (AvgIpc) is 2.83. The number of nitro groups is 1. The van der Waals surface area contributed by atoms with Crippen LogP contribution in [0.25, 0.3) is 0 Å². The molecule has 1 heterocycles. The summed E-state index contributed by atoms with van der Waals surface area (Å²) in [7, 11) is 1.63. The fourth-order valence-electron chi connectivity index (χ4n) is 2.73. The third-order valence-electron chi connectivity index (χ3n) is 4.10. The number of non-ortho nitro benzene ring substituents is 1. The maximum Gasteiger partial charge on any atom is 0.269 e. The highest BCUT2D eigenvalue weighted by atomic mass is 32.2. The largest absolute Gasteiger partial charge is 0.497 e. The van der Waals surface area contributed by atoms with Gasteiger partial charge in [0.25, 0.3) is 5.69 Å². The highest BCUT2D eigenvalue weighted by Crippen LogP contribution is 2.30. The van der Waals surface area contributed by atoms with Crippen molar-refractivity contribution < 1.29 is 14.5 Å². The molecular weight excluding hydrogens is 340 g/mol. The molecule has 25 heavy (non-hydrogen) atoms. The number of hydrogen-bond donors (Lipinski definition) is 0. The number of carbonyl (C=O) groups excluding carboxylic acids is 1. The Balaban J connectivity index is 1.72. The zero-order valence-electron chi connectivity index (χ0n) is 13.8. The first-order valence-corrected chi connectivity index (χ1v) is 8.86. The zero-order valence-corrected chi connectivity index (χ0v) is 14.6. The SMILES string of the molecule is COc1ccc2c(c1)CN(C(=O)Cc1ccc([N+](=O)[O-])cc1)CCS2. The summed E-state index contributed by atoms with van der Waals surface area (Å²) in [5.41, 5.74) is 1.89. The normalized spacial score (nSPS) is 13.7. The first-order valence-electron chi connectivity index (χ1n) is 7.87. The molecule has 3 rings (SSSR count). The topological polar surface area (TPSA) is 72.7 Å². The minimum Gasteiger partial charge on any atom is -0.497 e. The Labute approximate surface area is 149 Å². The number of nitro benzene ring substituents is 1. The van der Waals surface area contributed by atoms with Gasteiger partial charge in [-0.2, -0.15) is 0 Å². The molecule has 0 aliphatic carbocycles. The third kappa shape index (κ3) is 4.11. The lowest BCUT2D eigenvalue weighted by molar-refractivity contribution is -0.384. The second kappa shape index (κ2) is 7.57. The third-order valence-corrected chi connectivity index (χ3v) is 5.20. The van der Waals surface area contributed by atoms with Crippen LogP contribution in [0.1, 0.15) is 11.1 Å². The summed E-state index contributed by atoms with van der Waals surface area (Å²) in [4.78, 5) is 25.9. The summed E-state index contributed by atoms with van der Waals surface area (Å²) in [5.74, 6) is 1.64. The van der Waals surface area contributed by atoms with Crippen LogP contribution in [0.4, 0.5) is 5.69 Å². The molecule has 2 aromatic carbocycles. The van der Waals surface area contributed by atoms with E-state index >= 15 is 0 Å². The molecule has 0 aromatic heterocycles. The molecule has 0 saturated heterocycles. The molecular formula is C18H18N2O4S. The Morgan fingerprint density at radius 3 is 2.72 bits per heavy atom. The number of methoxy groups -OCH3 is 1. The highest BCUT2D eigenvalue weighted by molar-refractivity contribution is 7.99. The summed E-state index contributed by atoms with van der Waals surface area (Å²) in [5, 5.41) is 10.7. The number of amides is 1. The average molecular weight is 358 g/mol. The van der Waals surface area contributed by atoms with Crippen molar-refractivity contribution in [2.75, 3.05) is 19.4 Å². The lowest BCUT2D eigenvalue weighted by Crippen LogP contribution is -2.32. The van der Waals surface area contributed by atoms with Crippen LogP contribution in [0.3, 0.4) is 0 Å². The van der Waals surface area contributed by atoms with Gasteiger partial charge in [0, 0.05) is 35.9 Å². The maximum atomic E-state index is 12.7. The molecule has 1 aliphatic rings. The van der Waals surface area contributed by atoms with Gasteiger partial charge in [0.2, 0.25) is 5.91 Å². The Morgan fingerprint density at radius 2 is 2.04 bits per heavy atom. The van der Waals surface area contributed by atoms with Crippen molar-refractivity contribution >= 4 is 23.4 Å². The van der Waals surface area contributed by atoms with Crippen molar-refractivity contribution in [1.82, 2.24) is 4.90 Å². The molecule has 6 nitrogen and oxygen atoms in total. The predicted octanol–water partition coefficient (Wildman–Crippen LogP) is 3.28. The molecule has 2 aromatic rings. The molecule has 0 radical (unpaired) electrons.